The Bertz CT molecular complexity index is 1010. The molecule has 11 heteroatoms. The Hall–Kier alpha value is -2.69. The second-order valence-corrected chi connectivity index (χ2v) is 9.69. The van der Waals surface area contributed by atoms with Crippen molar-refractivity contribution in [2.24, 2.45) is 11.8 Å². The van der Waals surface area contributed by atoms with Gasteiger partial charge in [0.05, 0.1) is 17.3 Å². The summed E-state index contributed by atoms with van der Waals surface area (Å²) in [7, 11) is 0. The van der Waals surface area contributed by atoms with E-state index in [9.17, 15) is 36.2 Å². The summed E-state index contributed by atoms with van der Waals surface area (Å²) in [5, 5.41) is 16.6. The Morgan fingerprint density at radius 3 is 2.17 bits per heavy atom. The van der Waals surface area contributed by atoms with Crippen LogP contribution in [-0.4, -0.2) is 32.7 Å². The molecule has 1 aliphatic heterocycles. The van der Waals surface area contributed by atoms with Gasteiger partial charge in [0.25, 0.3) is 0 Å². The van der Waals surface area contributed by atoms with Gasteiger partial charge in [0.2, 0.25) is 0 Å². The third-order valence-corrected chi connectivity index (χ3v) is 6.57. The normalized spacial score (nSPS) is 20.5. The maximum atomic E-state index is 13.1. The molecular formula is C25H29F6N3O2. The van der Waals surface area contributed by atoms with E-state index in [4.69, 9.17) is 0 Å². The van der Waals surface area contributed by atoms with Crippen molar-refractivity contribution in [2.75, 3.05) is 6.54 Å². The molecule has 36 heavy (non-hydrogen) atoms. The number of nitrogens with zero attached hydrogens (tertiary/aromatic N) is 3. The number of hydrogen-bond donors (Lipinski definition) is 1. The van der Waals surface area contributed by atoms with E-state index in [2.05, 4.69) is 10.2 Å². The minimum atomic E-state index is -4.63. The summed E-state index contributed by atoms with van der Waals surface area (Å²) in [6, 6.07) is 6.10. The highest BCUT2D eigenvalue weighted by Gasteiger charge is 2.38. The zero-order valence-corrected chi connectivity index (χ0v) is 20.0. The molecule has 198 valence electrons. The fourth-order valence-electron chi connectivity index (χ4n) is 4.73. The maximum absolute atomic E-state index is 13.1. The van der Waals surface area contributed by atoms with E-state index in [1.54, 1.807) is 0 Å². The first-order chi connectivity index (χ1) is 16.8. The van der Waals surface area contributed by atoms with Crippen LogP contribution in [0.5, 0.6) is 0 Å². The first-order valence-corrected chi connectivity index (χ1v) is 11.8. The Labute approximate surface area is 205 Å². The van der Waals surface area contributed by atoms with Crippen LogP contribution in [0.25, 0.3) is 0 Å². The van der Waals surface area contributed by atoms with Crippen molar-refractivity contribution in [3.63, 3.8) is 0 Å². The lowest BCUT2D eigenvalue weighted by molar-refractivity contribution is -0.142. The number of halogens is 6. The molecule has 1 aromatic carbocycles. The summed E-state index contributed by atoms with van der Waals surface area (Å²) in [6.07, 6.45) is -6.97. The molecule has 2 heterocycles. The SMILES string of the molecule is CC(C)CC[C@H](c1ccc(C(F)(F)F)nn1)N1CC[C@@H](CC(=O)O)C[C@H]1c1ccc(C(F)(F)F)cc1. The Balaban J connectivity index is 1.99. The van der Waals surface area contributed by atoms with Crippen molar-refractivity contribution in [1.82, 2.24) is 15.1 Å². The largest absolute Gasteiger partial charge is 0.481 e. The molecule has 0 aliphatic carbocycles. The van der Waals surface area contributed by atoms with Crippen LogP contribution in [0.3, 0.4) is 0 Å². The van der Waals surface area contributed by atoms with Crippen LogP contribution in [0.1, 0.15) is 80.6 Å². The lowest BCUT2D eigenvalue weighted by Crippen LogP contribution is -2.40. The summed E-state index contributed by atoms with van der Waals surface area (Å²) >= 11 is 0. The number of rotatable bonds is 8. The van der Waals surface area contributed by atoms with Crippen LogP contribution in [0.15, 0.2) is 36.4 Å². The average molecular weight is 518 g/mol. The fraction of sp³-hybridized carbons (Fsp3) is 0.560. The molecule has 1 aromatic heterocycles. The molecule has 1 N–H and O–H groups in total. The molecule has 0 unspecified atom stereocenters. The van der Waals surface area contributed by atoms with Gasteiger partial charge in [0, 0.05) is 12.5 Å². The standard InChI is InChI=1S/C25H29F6N3O2/c1-15(2)3-9-20(19-8-10-22(33-32-19)25(29,30)31)34-12-11-16(14-23(35)36)13-21(34)17-4-6-18(7-5-17)24(26,27)28/h4-8,10,15-16,20-21H,3,9,11-14H2,1-2H3,(H,35,36)/t16-,20-,21+/m1/s1. The van der Waals surface area contributed by atoms with Gasteiger partial charge in [-0.3, -0.25) is 9.69 Å². The van der Waals surface area contributed by atoms with Crippen LogP contribution in [0.4, 0.5) is 26.3 Å². The minimum Gasteiger partial charge on any atom is -0.481 e. The van der Waals surface area contributed by atoms with Crippen molar-refractivity contribution < 1.29 is 36.2 Å². The molecule has 5 nitrogen and oxygen atoms in total. The number of benzene rings is 1. The van der Waals surface area contributed by atoms with Gasteiger partial charge >= 0.3 is 18.3 Å². The highest BCUT2D eigenvalue weighted by molar-refractivity contribution is 5.67. The molecule has 0 radical (unpaired) electrons. The molecule has 0 bridgehead atoms. The van der Waals surface area contributed by atoms with Crippen molar-refractivity contribution in [1.29, 1.82) is 0 Å². The lowest BCUT2D eigenvalue weighted by atomic mass is 9.83. The van der Waals surface area contributed by atoms with Gasteiger partial charge in [-0.15, -0.1) is 5.10 Å². The molecule has 0 amide bonds. The minimum absolute atomic E-state index is 0.0677. The van der Waals surface area contributed by atoms with E-state index >= 15 is 0 Å². The molecule has 1 aliphatic rings. The van der Waals surface area contributed by atoms with E-state index in [0.717, 1.165) is 24.6 Å². The van der Waals surface area contributed by atoms with Crippen LogP contribution in [0.2, 0.25) is 0 Å². The van der Waals surface area contributed by atoms with Crippen molar-refractivity contribution >= 4 is 5.97 Å². The van der Waals surface area contributed by atoms with Crippen molar-refractivity contribution in [3.8, 4) is 0 Å². The van der Waals surface area contributed by atoms with Crippen LogP contribution in [0, 0.1) is 11.8 Å². The number of aliphatic carboxylic acids is 1. The summed E-state index contributed by atoms with van der Waals surface area (Å²) in [6.45, 7) is 4.46. The first-order valence-electron chi connectivity index (χ1n) is 11.8. The zero-order valence-electron chi connectivity index (χ0n) is 20.0. The van der Waals surface area contributed by atoms with Crippen LogP contribution >= 0.6 is 0 Å². The molecule has 2 aromatic rings. The van der Waals surface area contributed by atoms with Gasteiger partial charge < -0.3 is 5.11 Å². The molecule has 3 atom stereocenters. The molecule has 1 fully saturated rings. The quantitative estimate of drug-likeness (QED) is 0.385. The molecular weight excluding hydrogens is 488 g/mol. The lowest BCUT2D eigenvalue weighted by Gasteiger charge is -2.44. The Morgan fingerprint density at radius 1 is 1.00 bits per heavy atom. The van der Waals surface area contributed by atoms with E-state index in [0.29, 0.717) is 43.0 Å². The number of carboxylic acids is 1. The van der Waals surface area contributed by atoms with Gasteiger partial charge in [0.1, 0.15) is 0 Å². The summed E-state index contributed by atoms with van der Waals surface area (Å²) < 4.78 is 78.5. The third-order valence-electron chi connectivity index (χ3n) is 6.57. The van der Waals surface area contributed by atoms with E-state index < -0.39 is 41.7 Å². The van der Waals surface area contributed by atoms with E-state index in [1.807, 2.05) is 18.7 Å². The van der Waals surface area contributed by atoms with Crippen LogP contribution < -0.4 is 0 Å². The monoisotopic (exact) mass is 517 g/mol. The zero-order chi connectivity index (χ0) is 26.7. The number of likely N-dealkylation sites (tertiary alicyclic amines) is 1. The Kier molecular flexibility index (Phi) is 8.63. The van der Waals surface area contributed by atoms with Gasteiger partial charge in [0.15, 0.2) is 5.69 Å². The smallest absolute Gasteiger partial charge is 0.435 e. The van der Waals surface area contributed by atoms with Gasteiger partial charge in [-0.05, 0) is 73.9 Å². The number of piperidine rings is 1. The van der Waals surface area contributed by atoms with Crippen molar-refractivity contribution in [3.05, 3.63) is 58.9 Å². The van der Waals surface area contributed by atoms with Gasteiger partial charge in [-0.25, -0.2) is 0 Å². The van der Waals surface area contributed by atoms with Crippen molar-refractivity contribution in [2.45, 2.75) is 70.4 Å². The Morgan fingerprint density at radius 2 is 1.67 bits per heavy atom. The predicted molar refractivity (Wildman–Crippen MR) is 120 cm³/mol. The number of aromatic nitrogens is 2. The number of hydrogen-bond acceptors (Lipinski definition) is 4. The second-order valence-electron chi connectivity index (χ2n) is 9.69. The predicted octanol–water partition coefficient (Wildman–Crippen LogP) is 6.92. The topological polar surface area (TPSA) is 66.3 Å². The summed E-state index contributed by atoms with van der Waals surface area (Å²) in [5.74, 6) is -0.843. The number of carboxylic acid groups (broad SMARTS) is 1. The highest BCUT2D eigenvalue weighted by atomic mass is 19.4. The van der Waals surface area contributed by atoms with E-state index in [-0.39, 0.29) is 12.3 Å². The summed E-state index contributed by atoms with van der Waals surface area (Å²) in [5.41, 5.74) is -0.960. The summed E-state index contributed by atoms with van der Waals surface area (Å²) in [4.78, 5) is 13.4. The second kappa shape index (κ2) is 11.1. The first kappa shape index (κ1) is 27.9. The van der Waals surface area contributed by atoms with Gasteiger partial charge in [-0.1, -0.05) is 26.0 Å². The number of carbonyl (C=O) groups is 1. The molecule has 3 rings (SSSR count). The average Bonchev–Trinajstić information content (AvgIpc) is 2.78. The highest BCUT2D eigenvalue weighted by Crippen LogP contribution is 2.43. The molecule has 0 saturated carbocycles. The number of alkyl halides is 6. The van der Waals surface area contributed by atoms with Gasteiger partial charge in [-0.2, -0.15) is 31.4 Å². The third kappa shape index (κ3) is 7.18. The molecule has 1 saturated heterocycles. The van der Waals surface area contributed by atoms with E-state index in [1.165, 1.54) is 18.2 Å². The maximum Gasteiger partial charge on any atom is 0.435 e. The van der Waals surface area contributed by atoms with Crippen LogP contribution in [-0.2, 0) is 17.1 Å². The fourth-order valence-corrected chi connectivity index (χ4v) is 4.73. The molecule has 0 spiro atoms.